The van der Waals surface area contributed by atoms with Gasteiger partial charge in [-0.15, -0.1) is 12.4 Å². The number of carbonyl (C=O) groups is 1. The summed E-state index contributed by atoms with van der Waals surface area (Å²) in [6.45, 7) is 7.88. The summed E-state index contributed by atoms with van der Waals surface area (Å²) in [4.78, 5) is 19.0. The number of para-hydroxylation sites is 1. The van der Waals surface area contributed by atoms with Crippen molar-refractivity contribution in [1.82, 2.24) is 25.1 Å². The molecule has 1 saturated heterocycles. The molecule has 154 valence electrons. The molecule has 3 rings (SSSR count). The number of benzene rings is 1. The van der Waals surface area contributed by atoms with Crippen molar-refractivity contribution >= 4 is 18.3 Å². The van der Waals surface area contributed by atoms with Gasteiger partial charge in [0.2, 0.25) is 5.91 Å². The monoisotopic (exact) mass is 407 g/mol. The molecule has 0 spiro atoms. The number of amides is 1. The fourth-order valence-electron chi connectivity index (χ4n) is 3.50. The maximum Gasteiger partial charge on any atom is 0.234 e. The summed E-state index contributed by atoms with van der Waals surface area (Å²) in [6.07, 6.45) is 3.74. The van der Waals surface area contributed by atoms with Crippen LogP contribution >= 0.6 is 12.4 Å². The van der Waals surface area contributed by atoms with Crippen LogP contribution in [-0.4, -0.2) is 59.7 Å². The summed E-state index contributed by atoms with van der Waals surface area (Å²) >= 11 is 0. The van der Waals surface area contributed by atoms with E-state index in [1.54, 1.807) is 6.20 Å². The van der Waals surface area contributed by atoms with E-state index in [1.807, 2.05) is 49.9 Å². The molecule has 7 nitrogen and oxygen atoms in total. The van der Waals surface area contributed by atoms with E-state index in [0.29, 0.717) is 19.7 Å². The maximum atomic E-state index is 12.4. The van der Waals surface area contributed by atoms with Crippen molar-refractivity contribution in [3.05, 3.63) is 47.5 Å². The Labute approximate surface area is 172 Å². The van der Waals surface area contributed by atoms with E-state index in [4.69, 9.17) is 4.74 Å². The van der Waals surface area contributed by atoms with Gasteiger partial charge in [-0.1, -0.05) is 18.2 Å². The van der Waals surface area contributed by atoms with Crippen molar-refractivity contribution in [2.75, 3.05) is 39.3 Å². The smallest absolute Gasteiger partial charge is 0.234 e. The van der Waals surface area contributed by atoms with Gasteiger partial charge in [-0.2, -0.15) is 0 Å². The van der Waals surface area contributed by atoms with Gasteiger partial charge < -0.3 is 19.9 Å². The van der Waals surface area contributed by atoms with Gasteiger partial charge in [0.25, 0.3) is 0 Å². The zero-order valence-corrected chi connectivity index (χ0v) is 17.6. The number of nitrogens with one attached hydrogen (secondary N) is 2. The lowest BCUT2D eigenvalue weighted by Crippen LogP contribution is -2.50. The summed E-state index contributed by atoms with van der Waals surface area (Å²) in [6, 6.07) is 6.19. The van der Waals surface area contributed by atoms with E-state index < -0.39 is 0 Å². The number of ether oxygens (including phenoxy) is 1. The maximum absolute atomic E-state index is 12.4. The topological polar surface area (TPSA) is 71.4 Å². The van der Waals surface area contributed by atoms with Crippen LogP contribution in [0.4, 0.5) is 0 Å². The quantitative estimate of drug-likeness (QED) is 0.682. The van der Waals surface area contributed by atoms with E-state index in [-0.39, 0.29) is 24.4 Å². The Hall–Kier alpha value is -2.09. The molecule has 0 saturated carbocycles. The molecule has 8 heteroatoms. The predicted molar refractivity (Wildman–Crippen MR) is 112 cm³/mol. The van der Waals surface area contributed by atoms with Crippen LogP contribution < -0.4 is 15.4 Å². The van der Waals surface area contributed by atoms with E-state index >= 15 is 0 Å². The minimum atomic E-state index is 0. The molecule has 28 heavy (non-hydrogen) atoms. The van der Waals surface area contributed by atoms with E-state index in [0.717, 1.165) is 42.3 Å². The number of halogens is 1. The SMILES string of the molecule is Cc1cccc(C)c1OCCNC(=O)CN1CCNCC1c1nccn1C.Cl. The van der Waals surface area contributed by atoms with Crippen molar-refractivity contribution in [1.29, 1.82) is 0 Å². The van der Waals surface area contributed by atoms with Crippen molar-refractivity contribution in [3.8, 4) is 5.75 Å². The number of piperazine rings is 1. The number of carbonyl (C=O) groups excluding carboxylic acids is 1. The Balaban J connectivity index is 0.00000280. The van der Waals surface area contributed by atoms with E-state index in [9.17, 15) is 4.79 Å². The third-order valence-corrected chi connectivity index (χ3v) is 4.94. The predicted octanol–water partition coefficient (Wildman–Crippen LogP) is 1.60. The van der Waals surface area contributed by atoms with Gasteiger partial charge in [0.1, 0.15) is 18.2 Å². The molecular weight excluding hydrogens is 378 g/mol. The Kier molecular flexibility index (Phi) is 8.29. The van der Waals surface area contributed by atoms with Gasteiger partial charge in [0.15, 0.2) is 0 Å². The first-order valence-electron chi connectivity index (χ1n) is 9.44. The molecule has 0 bridgehead atoms. The van der Waals surface area contributed by atoms with Crippen LogP contribution in [0.2, 0.25) is 0 Å². The first-order chi connectivity index (χ1) is 13.1. The molecule has 1 aromatic heterocycles. The van der Waals surface area contributed by atoms with Gasteiger partial charge >= 0.3 is 0 Å². The summed E-state index contributed by atoms with van der Waals surface area (Å²) < 4.78 is 7.87. The van der Waals surface area contributed by atoms with Crippen LogP contribution in [0.5, 0.6) is 5.75 Å². The van der Waals surface area contributed by atoms with Crippen LogP contribution in [0.1, 0.15) is 23.0 Å². The molecule has 2 heterocycles. The molecular formula is C20H30ClN5O2. The minimum Gasteiger partial charge on any atom is -0.491 e. The first kappa shape index (κ1) is 22.2. The van der Waals surface area contributed by atoms with E-state index in [2.05, 4.69) is 20.5 Å². The minimum absolute atomic E-state index is 0. The second-order valence-corrected chi connectivity index (χ2v) is 7.01. The molecule has 1 fully saturated rings. The second kappa shape index (κ2) is 10.5. The lowest BCUT2D eigenvalue weighted by molar-refractivity contribution is -0.123. The van der Waals surface area contributed by atoms with Gasteiger partial charge in [-0.05, 0) is 25.0 Å². The van der Waals surface area contributed by atoms with Crippen LogP contribution in [-0.2, 0) is 11.8 Å². The molecule has 1 amide bonds. The fraction of sp³-hybridized carbons (Fsp3) is 0.500. The average molecular weight is 408 g/mol. The summed E-state index contributed by atoms with van der Waals surface area (Å²) in [5.74, 6) is 1.90. The zero-order chi connectivity index (χ0) is 19.2. The molecule has 1 atom stereocenters. The molecule has 1 aliphatic heterocycles. The lowest BCUT2D eigenvalue weighted by atomic mass is 10.1. The number of imidazole rings is 1. The lowest BCUT2D eigenvalue weighted by Gasteiger charge is -2.35. The number of aromatic nitrogens is 2. The second-order valence-electron chi connectivity index (χ2n) is 7.01. The summed E-state index contributed by atoms with van der Waals surface area (Å²) in [5, 5.41) is 6.35. The normalized spacial score (nSPS) is 17.0. The van der Waals surface area contributed by atoms with Gasteiger partial charge in [-0.3, -0.25) is 9.69 Å². The van der Waals surface area contributed by atoms with Crippen LogP contribution in [0.15, 0.2) is 30.6 Å². The first-order valence-corrected chi connectivity index (χ1v) is 9.44. The van der Waals surface area contributed by atoms with E-state index in [1.165, 1.54) is 0 Å². The molecule has 1 aliphatic rings. The van der Waals surface area contributed by atoms with Gasteiger partial charge in [0, 0.05) is 39.1 Å². The Morgan fingerprint density at radius 2 is 2.11 bits per heavy atom. The Bertz CT molecular complexity index is 759. The third kappa shape index (κ3) is 5.47. The summed E-state index contributed by atoms with van der Waals surface area (Å²) in [7, 11) is 1.99. The molecule has 1 aromatic carbocycles. The summed E-state index contributed by atoms with van der Waals surface area (Å²) in [5.41, 5.74) is 2.22. The van der Waals surface area contributed by atoms with Crippen LogP contribution in [0.3, 0.4) is 0 Å². The van der Waals surface area contributed by atoms with Crippen LogP contribution in [0, 0.1) is 13.8 Å². The molecule has 2 aromatic rings. The molecule has 0 aliphatic carbocycles. The highest BCUT2D eigenvalue weighted by Gasteiger charge is 2.28. The average Bonchev–Trinajstić information content (AvgIpc) is 3.07. The van der Waals surface area contributed by atoms with Crippen molar-refractivity contribution < 1.29 is 9.53 Å². The highest BCUT2D eigenvalue weighted by molar-refractivity contribution is 5.85. The number of rotatable bonds is 7. The molecule has 0 radical (unpaired) electrons. The number of hydrogen-bond acceptors (Lipinski definition) is 5. The van der Waals surface area contributed by atoms with Crippen molar-refractivity contribution in [2.45, 2.75) is 19.9 Å². The largest absolute Gasteiger partial charge is 0.491 e. The van der Waals surface area contributed by atoms with Gasteiger partial charge in [0.05, 0.1) is 19.1 Å². The highest BCUT2D eigenvalue weighted by Crippen LogP contribution is 2.22. The number of nitrogens with zero attached hydrogens (tertiary/aromatic N) is 3. The molecule has 2 N–H and O–H groups in total. The zero-order valence-electron chi connectivity index (χ0n) is 16.8. The standard InChI is InChI=1S/C20H29N5O2.ClH/c1-15-5-4-6-16(2)19(15)27-12-9-22-18(26)14-25-11-7-21-13-17(25)20-23-8-10-24(20)3;/h4-6,8,10,17,21H,7,9,11-14H2,1-3H3,(H,22,26);1H. The molecule has 1 unspecified atom stereocenters. The van der Waals surface area contributed by atoms with Crippen LogP contribution in [0.25, 0.3) is 0 Å². The number of aryl methyl sites for hydroxylation is 3. The van der Waals surface area contributed by atoms with Crippen molar-refractivity contribution in [2.24, 2.45) is 7.05 Å². The Morgan fingerprint density at radius 3 is 2.79 bits per heavy atom. The number of hydrogen-bond donors (Lipinski definition) is 2. The van der Waals surface area contributed by atoms with Gasteiger partial charge in [-0.25, -0.2) is 4.98 Å². The third-order valence-electron chi connectivity index (χ3n) is 4.94. The Morgan fingerprint density at radius 1 is 1.36 bits per heavy atom. The fourth-order valence-corrected chi connectivity index (χ4v) is 3.50. The highest BCUT2D eigenvalue weighted by atomic mass is 35.5. The van der Waals surface area contributed by atoms with Crippen molar-refractivity contribution in [3.63, 3.8) is 0 Å².